The van der Waals surface area contributed by atoms with Gasteiger partial charge in [-0.25, -0.2) is 4.79 Å². The van der Waals surface area contributed by atoms with E-state index in [1.807, 2.05) is 43.3 Å². The highest BCUT2D eigenvalue weighted by Crippen LogP contribution is 2.23. The molecular formula is C23H29N3O2. The molecule has 0 aliphatic carbocycles. The molecule has 1 aliphatic heterocycles. The normalized spacial score (nSPS) is 17.2. The summed E-state index contributed by atoms with van der Waals surface area (Å²) in [5.41, 5.74) is 3.90. The summed E-state index contributed by atoms with van der Waals surface area (Å²) < 4.78 is 0. The number of anilines is 2. The maximum Gasteiger partial charge on any atom is 0.322 e. The Hall–Kier alpha value is -2.82. The van der Waals surface area contributed by atoms with Crippen molar-refractivity contribution in [2.45, 2.75) is 52.0 Å². The van der Waals surface area contributed by atoms with Crippen molar-refractivity contribution in [1.29, 1.82) is 0 Å². The zero-order valence-electron chi connectivity index (χ0n) is 16.9. The van der Waals surface area contributed by atoms with Gasteiger partial charge in [-0.2, -0.15) is 0 Å². The van der Waals surface area contributed by atoms with Crippen LogP contribution in [-0.2, 0) is 4.79 Å². The molecule has 0 spiro atoms. The van der Waals surface area contributed by atoms with E-state index in [-0.39, 0.29) is 11.9 Å². The van der Waals surface area contributed by atoms with Gasteiger partial charge in [0.15, 0.2) is 0 Å². The van der Waals surface area contributed by atoms with Crippen molar-refractivity contribution < 1.29 is 9.59 Å². The van der Waals surface area contributed by atoms with Crippen LogP contribution in [-0.4, -0.2) is 29.4 Å². The Kier molecular flexibility index (Phi) is 6.34. The third-order valence-corrected chi connectivity index (χ3v) is 5.48. The van der Waals surface area contributed by atoms with Crippen molar-refractivity contribution in [3.8, 4) is 0 Å². The van der Waals surface area contributed by atoms with E-state index in [0.29, 0.717) is 18.9 Å². The van der Waals surface area contributed by atoms with Crippen LogP contribution in [0.15, 0.2) is 48.5 Å². The number of urea groups is 1. The van der Waals surface area contributed by atoms with Gasteiger partial charge in [0.2, 0.25) is 5.91 Å². The Labute approximate surface area is 167 Å². The summed E-state index contributed by atoms with van der Waals surface area (Å²) in [5.74, 6) is 0.369. The molecule has 5 nitrogen and oxygen atoms in total. The van der Waals surface area contributed by atoms with Crippen LogP contribution in [0.3, 0.4) is 0 Å². The summed E-state index contributed by atoms with van der Waals surface area (Å²) in [7, 11) is 0. The van der Waals surface area contributed by atoms with Crippen LogP contribution in [0.4, 0.5) is 16.2 Å². The maximum absolute atomic E-state index is 12.8. The maximum atomic E-state index is 12.8. The number of nitrogens with one attached hydrogen (secondary N) is 2. The van der Waals surface area contributed by atoms with Crippen LogP contribution in [0.2, 0.25) is 0 Å². The number of carbonyl (C=O) groups excluding carboxylic acids is 2. The monoisotopic (exact) mass is 379 g/mol. The van der Waals surface area contributed by atoms with Gasteiger partial charge in [-0.3, -0.25) is 4.79 Å². The fraction of sp³-hybridized carbons (Fsp3) is 0.391. The number of likely N-dealkylation sites (tertiary alicyclic amines) is 1. The first-order chi connectivity index (χ1) is 13.5. The van der Waals surface area contributed by atoms with Gasteiger partial charge in [-0.05, 0) is 61.9 Å². The third kappa shape index (κ3) is 4.71. The lowest BCUT2D eigenvalue weighted by atomic mass is 9.98. The van der Waals surface area contributed by atoms with Crippen molar-refractivity contribution in [1.82, 2.24) is 4.90 Å². The highest BCUT2D eigenvalue weighted by molar-refractivity contribution is 5.99. The van der Waals surface area contributed by atoms with E-state index in [9.17, 15) is 9.59 Å². The van der Waals surface area contributed by atoms with Crippen molar-refractivity contribution >= 4 is 23.3 Å². The average Bonchev–Trinajstić information content (AvgIpc) is 3.20. The lowest BCUT2D eigenvalue weighted by molar-refractivity contribution is -0.119. The van der Waals surface area contributed by atoms with Crippen LogP contribution < -0.4 is 10.6 Å². The van der Waals surface area contributed by atoms with Crippen LogP contribution in [0.25, 0.3) is 0 Å². The van der Waals surface area contributed by atoms with E-state index < -0.39 is 6.04 Å². The summed E-state index contributed by atoms with van der Waals surface area (Å²) in [5, 5.41) is 5.86. The number of aryl methyl sites for hydroxylation is 1. The minimum absolute atomic E-state index is 0.132. The topological polar surface area (TPSA) is 61.4 Å². The van der Waals surface area contributed by atoms with Gasteiger partial charge in [-0.1, -0.05) is 43.7 Å². The number of rotatable bonds is 5. The second-order valence-electron chi connectivity index (χ2n) is 7.57. The Balaban J connectivity index is 1.62. The molecule has 0 radical (unpaired) electrons. The highest BCUT2D eigenvalue weighted by atomic mass is 16.2. The number of hydrogen-bond donors (Lipinski definition) is 2. The van der Waals surface area contributed by atoms with Crippen molar-refractivity contribution in [3.05, 3.63) is 59.7 Å². The molecule has 1 aliphatic rings. The van der Waals surface area contributed by atoms with Crippen LogP contribution in [0.5, 0.6) is 0 Å². The molecule has 0 aromatic heterocycles. The molecule has 28 heavy (non-hydrogen) atoms. The van der Waals surface area contributed by atoms with Gasteiger partial charge in [0, 0.05) is 17.9 Å². The van der Waals surface area contributed by atoms with Crippen molar-refractivity contribution in [2.75, 3.05) is 17.2 Å². The van der Waals surface area contributed by atoms with Gasteiger partial charge in [0.25, 0.3) is 0 Å². The fourth-order valence-electron chi connectivity index (χ4n) is 3.47. The minimum atomic E-state index is -0.445. The van der Waals surface area contributed by atoms with Gasteiger partial charge in [0.05, 0.1) is 0 Å². The molecule has 1 heterocycles. The summed E-state index contributed by atoms with van der Waals surface area (Å²) in [4.78, 5) is 27.1. The van der Waals surface area contributed by atoms with E-state index in [1.165, 1.54) is 5.56 Å². The van der Waals surface area contributed by atoms with Gasteiger partial charge in [0.1, 0.15) is 6.04 Å². The predicted octanol–water partition coefficient (Wildman–Crippen LogP) is 5.14. The quantitative estimate of drug-likeness (QED) is 0.755. The smallest absolute Gasteiger partial charge is 0.322 e. The Morgan fingerprint density at radius 1 is 1.04 bits per heavy atom. The van der Waals surface area contributed by atoms with Gasteiger partial charge >= 0.3 is 6.03 Å². The van der Waals surface area contributed by atoms with Crippen LogP contribution in [0.1, 0.15) is 50.2 Å². The summed E-state index contributed by atoms with van der Waals surface area (Å²) >= 11 is 0. The largest absolute Gasteiger partial charge is 0.324 e. The summed E-state index contributed by atoms with van der Waals surface area (Å²) in [6.45, 7) is 6.94. The molecule has 3 amide bonds. The van der Waals surface area contributed by atoms with E-state index in [1.54, 1.807) is 4.90 Å². The average molecular weight is 380 g/mol. The fourth-order valence-corrected chi connectivity index (χ4v) is 3.47. The highest BCUT2D eigenvalue weighted by Gasteiger charge is 2.34. The molecule has 2 N–H and O–H groups in total. The van der Waals surface area contributed by atoms with E-state index in [2.05, 4.69) is 36.6 Å². The van der Waals surface area contributed by atoms with E-state index >= 15 is 0 Å². The molecule has 0 unspecified atom stereocenters. The predicted molar refractivity (Wildman–Crippen MR) is 114 cm³/mol. The standard InChI is InChI=1S/C23H29N3O2/c1-4-17(3)18-9-13-19(14-10-18)24-22(27)21-6-5-15-26(21)23(28)25-20-11-7-16(2)8-12-20/h7-14,17,21H,4-6,15H2,1-3H3,(H,24,27)(H,25,28)/t17-,21+/m0/s1. The molecule has 1 saturated heterocycles. The third-order valence-electron chi connectivity index (χ3n) is 5.48. The Bertz CT molecular complexity index is 815. The van der Waals surface area contributed by atoms with Crippen LogP contribution in [0, 0.1) is 6.92 Å². The molecule has 0 bridgehead atoms. The Morgan fingerprint density at radius 2 is 1.64 bits per heavy atom. The van der Waals surface area contributed by atoms with Crippen molar-refractivity contribution in [3.63, 3.8) is 0 Å². The molecule has 1 fully saturated rings. The molecular weight excluding hydrogens is 350 g/mol. The molecule has 0 saturated carbocycles. The molecule has 5 heteroatoms. The molecule has 3 rings (SSSR count). The number of nitrogens with zero attached hydrogens (tertiary/aromatic N) is 1. The first-order valence-corrected chi connectivity index (χ1v) is 10.0. The SMILES string of the molecule is CC[C@H](C)c1ccc(NC(=O)[C@H]2CCCN2C(=O)Nc2ccc(C)cc2)cc1. The van der Waals surface area contributed by atoms with Gasteiger partial charge < -0.3 is 15.5 Å². The van der Waals surface area contributed by atoms with Crippen LogP contribution >= 0.6 is 0 Å². The Morgan fingerprint density at radius 3 is 2.29 bits per heavy atom. The van der Waals surface area contributed by atoms with Crippen molar-refractivity contribution in [2.24, 2.45) is 0 Å². The lowest BCUT2D eigenvalue weighted by Crippen LogP contribution is -2.45. The first kappa shape index (κ1) is 19.9. The van der Waals surface area contributed by atoms with E-state index in [0.717, 1.165) is 29.8 Å². The lowest BCUT2D eigenvalue weighted by Gasteiger charge is -2.24. The minimum Gasteiger partial charge on any atom is -0.324 e. The molecule has 2 atom stereocenters. The number of amides is 3. The van der Waals surface area contributed by atoms with E-state index in [4.69, 9.17) is 0 Å². The second kappa shape index (κ2) is 8.91. The summed E-state index contributed by atoms with van der Waals surface area (Å²) in [6.07, 6.45) is 2.59. The zero-order valence-corrected chi connectivity index (χ0v) is 16.9. The van der Waals surface area contributed by atoms with Gasteiger partial charge in [-0.15, -0.1) is 0 Å². The number of hydrogen-bond acceptors (Lipinski definition) is 2. The second-order valence-corrected chi connectivity index (χ2v) is 7.57. The first-order valence-electron chi connectivity index (χ1n) is 10.0. The number of carbonyl (C=O) groups is 2. The summed E-state index contributed by atoms with van der Waals surface area (Å²) in [6, 6.07) is 15.0. The number of benzene rings is 2. The molecule has 2 aromatic rings. The zero-order chi connectivity index (χ0) is 20.1. The molecule has 2 aromatic carbocycles. The molecule has 148 valence electrons.